The number of hydrogen-bond acceptors (Lipinski definition) is 4. The second-order valence-corrected chi connectivity index (χ2v) is 6.28. The van der Waals surface area contributed by atoms with Gasteiger partial charge >= 0.3 is 0 Å². The molecule has 0 aromatic heterocycles. The van der Waals surface area contributed by atoms with Crippen molar-refractivity contribution in [2.75, 3.05) is 59.4 Å². The Bertz CT molecular complexity index is 265. The number of rotatable bonds is 3. The first-order chi connectivity index (χ1) is 8.83. The molecule has 0 aliphatic carbocycles. The van der Waals surface area contributed by atoms with E-state index in [4.69, 9.17) is 0 Å². The summed E-state index contributed by atoms with van der Waals surface area (Å²) in [7, 11) is 2.28. The Kier molecular flexibility index (Phi) is 4.19. The molecule has 3 fully saturated rings. The van der Waals surface area contributed by atoms with Crippen LogP contribution in [-0.4, -0.2) is 86.2 Å². The summed E-state index contributed by atoms with van der Waals surface area (Å²) in [6.45, 7) is 10.1. The number of nitrogens with zero attached hydrogens (tertiary/aromatic N) is 3. The zero-order valence-corrected chi connectivity index (χ0v) is 11.8. The molecule has 4 nitrogen and oxygen atoms in total. The highest BCUT2D eigenvalue weighted by atomic mass is 15.3. The van der Waals surface area contributed by atoms with Crippen LogP contribution in [0, 0.1) is 0 Å². The van der Waals surface area contributed by atoms with Crippen molar-refractivity contribution in [2.24, 2.45) is 0 Å². The molecule has 0 aromatic rings. The van der Waals surface area contributed by atoms with E-state index in [0.717, 1.165) is 18.6 Å². The predicted molar refractivity (Wildman–Crippen MR) is 74.9 cm³/mol. The molecule has 3 saturated heterocycles. The molecule has 4 heteroatoms. The van der Waals surface area contributed by atoms with Gasteiger partial charge in [-0.25, -0.2) is 0 Å². The molecular weight excluding hydrogens is 224 g/mol. The van der Waals surface area contributed by atoms with Gasteiger partial charge < -0.3 is 10.2 Å². The highest BCUT2D eigenvalue weighted by Crippen LogP contribution is 2.20. The average Bonchev–Trinajstić information content (AvgIpc) is 3.02. The summed E-state index contributed by atoms with van der Waals surface area (Å²) in [5.41, 5.74) is 0. The van der Waals surface area contributed by atoms with E-state index in [1.165, 1.54) is 65.1 Å². The van der Waals surface area contributed by atoms with E-state index in [1.54, 1.807) is 0 Å². The summed E-state index contributed by atoms with van der Waals surface area (Å²) >= 11 is 0. The lowest BCUT2D eigenvalue weighted by atomic mass is 10.2. The number of hydrogen-bond donors (Lipinski definition) is 1. The average molecular weight is 252 g/mol. The topological polar surface area (TPSA) is 21.8 Å². The molecule has 18 heavy (non-hydrogen) atoms. The molecule has 0 aromatic carbocycles. The van der Waals surface area contributed by atoms with Gasteiger partial charge in [0.05, 0.1) is 0 Å². The Labute approximate surface area is 111 Å². The van der Waals surface area contributed by atoms with Crippen molar-refractivity contribution in [3.05, 3.63) is 0 Å². The van der Waals surface area contributed by atoms with Crippen LogP contribution in [0.1, 0.15) is 19.3 Å². The minimum absolute atomic E-state index is 0.719. The lowest BCUT2D eigenvalue weighted by molar-refractivity contribution is 0.145. The van der Waals surface area contributed by atoms with Crippen LogP contribution >= 0.6 is 0 Å². The van der Waals surface area contributed by atoms with Gasteiger partial charge in [-0.15, -0.1) is 0 Å². The molecule has 0 spiro atoms. The molecule has 2 unspecified atom stereocenters. The smallest absolute Gasteiger partial charge is 0.0345 e. The standard InChI is InChI=1S/C14H28N4/c1-16-9-5-15-10-14(16)12-17-8-4-13(11-17)18-6-2-3-7-18/h13-15H,2-12H2,1H3. The van der Waals surface area contributed by atoms with E-state index in [-0.39, 0.29) is 0 Å². The molecule has 0 radical (unpaired) electrons. The van der Waals surface area contributed by atoms with Crippen molar-refractivity contribution in [1.82, 2.24) is 20.0 Å². The fourth-order valence-electron chi connectivity index (χ4n) is 3.75. The summed E-state index contributed by atoms with van der Waals surface area (Å²) in [4.78, 5) is 7.94. The highest BCUT2D eigenvalue weighted by Gasteiger charge is 2.31. The third-order valence-corrected chi connectivity index (χ3v) is 5.02. The van der Waals surface area contributed by atoms with Crippen molar-refractivity contribution < 1.29 is 0 Å². The Morgan fingerprint density at radius 2 is 1.94 bits per heavy atom. The third kappa shape index (κ3) is 2.87. The summed E-state index contributed by atoms with van der Waals surface area (Å²) in [6, 6.07) is 1.57. The van der Waals surface area contributed by atoms with Crippen molar-refractivity contribution >= 4 is 0 Å². The summed E-state index contributed by atoms with van der Waals surface area (Å²) < 4.78 is 0. The highest BCUT2D eigenvalue weighted by molar-refractivity contribution is 4.89. The van der Waals surface area contributed by atoms with Crippen LogP contribution in [0.3, 0.4) is 0 Å². The van der Waals surface area contributed by atoms with Crippen molar-refractivity contribution in [2.45, 2.75) is 31.3 Å². The third-order valence-electron chi connectivity index (χ3n) is 5.02. The normalized spacial score (nSPS) is 36.5. The molecule has 3 aliphatic rings. The van der Waals surface area contributed by atoms with Gasteiger partial charge in [0.15, 0.2) is 0 Å². The minimum Gasteiger partial charge on any atom is -0.314 e. The van der Waals surface area contributed by atoms with Gasteiger partial charge in [-0.2, -0.15) is 0 Å². The van der Waals surface area contributed by atoms with Crippen LogP contribution in [-0.2, 0) is 0 Å². The molecule has 0 amide bonds. The van der Waals surface area contributed by atoms with E-state index < -0.39 is 0 Å². The molecule has 3 aliphatic heterocycles. The van der Waals surface area contributed by atoms with E-state index in [1.807, 2.05) is 0 Å². The largest absolute Gasteiger partial charge is 0.314 e. The number of likely N-dealkylation sites (tertiary alicyclic amines) is 2. The van der Waals surface area contributed by atoms with Crippen LogP contribution < -0.4 is 5.32 Å². The Morgan fingerprint density at radius 3 is 2.72 bits per heavy atom. The minimum atomic E-state index is 0.719. The predicted octanol–water partition coefficient (Wildman–Crippen LogP) is 0.0601. The molecular formula is C14H28N4. The molecule has 1 N–H and O–H groups in total. The fourth-order valence-corrected chi connectivity index (χ4v) is 3.75. The van der Waals surface area contributed by atoms with Crippen LogP contribution in [0.15, 0.2) is 0 Å². The number of piperazine rings is 1. The maximum absolute atomic E-state index is 3.53. The van der Waals surface area contributed by atoms with E-state index in [0.29, 0.717) is 0 Å². The van der Waals surface area contributed by atoms with E-state index in [9.17, 15) is 0 Å². The van der Waals surface area contributed by atoms with Gasteiger partial charge in [-0.05, 0) is 45.9 Å². The van der Waals surface area contributed by atoms with Crippen LogP contribution in [0.25, 0.3) is 0 Å². The molecule has 104 valence electrons. The van der Waals surface area contributed by atoms with Crippen molar-refractivity contribution in [3.8, 4) is 0 Å². The Hall–Kier alpha value is -0.160. The molecule has 3 rings (SSSR count). The van der Waals surface area contributed by atoms with Crippen LogP contribution in [0.2, 0.25) is 0 Å². The number of nitrogens with one attached hydrogen (secondary N) is 1. The SMILES string of the molecule is CN1CCNCC1CN1CCC(N2CCCC2)C1. The molecule has 2 atom stereocenters. The Balaban J connectivity index is 1.46. The fraction of sp³-hybridized carbons (Fsp3) is 1.00. The lowest BCUT2D eigenvalue weighted by Gasteiger charge is -2.35. The zero-order valence-electron chi connectivity index (χ0n) is 11.8. The van der Waals surface area contributed by atoms with Gasteiger partial charge in [-0.3, -0.25) is 9.80 Å². The first kappa shape index (κ1) is 12.9. The molecule has 0 saturated carbocycles. The quantitative estimate of drug-likeness (QED) is 0.767. The maximum atomic E-state index is 3.53. The van der Waals surface area contributed by atoms with Gasteiger partial charge in [-0.1, -0.05) is 0 Å². The van der Waals surface area contributed by atoms with Crippen LogP contribution in [0.4, 0.5) is 0 Å². The first-order valence-electron chi connectivity index (χ1n) is 7.70. The second-order valence-electron chi connectivity index (χ2n) is 6.28. The lowest BCUT2D eigenvalue weighted by Crippen LogP contribution is -2.54. The van der Waals surface area contributed by atoms with Gasteiger partial charge in [0.2, 0.25) is 0 Å². The summed E-state index contributed by atoms with van der Waals surface area (Å²) in [6.07, 6.45) is 4.24. The van der Waals surface area contributed by atoms with Crippen LogP contribution in [0.5, 0.6) is 0 Å². The van der Waals surface area contributed by atoms with E-state index in [2.05, 4.69) is 27.1 Å². The van der Waals surface area contributed by atoms with E-state index >= 15 is 0 Å². The molecule has 0 bridgehead atoms. The summed E-state index contributed by atoms with van der Waals surface area (Å²) in [5.74, 6) is 0. The van der Waals surface area contributed by atoms with Crippen molar-refractivity contribution in [3.63, 3.8) is 0 Å². The first-order valence-corrected chi connectivity index (χ1v) is 7.70. The maximum Gasteiger partial charge on any atom is 0.0345 e. The summed E-state index contributed by atoms with van der Waals surface area (Å²) in [5, 5.41) is 3.53. The zero-order chi connectivity index (χ0) is 12.4. The number of likely N-dealkylation sites (N-methyl/N-ethyl adjacent to an activating group) is 1. The monoisotopic (exact) mass is 252 g/mol. The molecule has 3 heterocycles. The Morgan fingerprint density at radius 1 is 1.11 bits per heavy atom. The van der Waals surface area contributed by atoms with Gasteiger partial charge in [0.25, 0.3) is 0 Å². The van der Waals surface area contributed by atoms with Gasteiger partial charge in [0, 0.05) is 44.8 Å². The van der Waals surface area contributed by atoms with Gasteiger partial charge in [0.1, 0.15) is 0 Å². The second kappa shape index (κ2) is 5.87. The van der Waals surface area contributed by atoms with Crippen molar-refractivity contribution in [1.29, 1.82) is 0 Å².